The molecule has 7 rings (SSSR count). The summed E-state index contributed by atoms with van der Waals surface area (Å²) in [6.07, 6.45) is 16.9. The molecule has 4 aliphatic rings. The van der Waals surface area contributed by atoms with Crippen LogP contribution >= 0.6 is 11.3 Å². The van der Waals surface area contributed by atoms with Crippen molar-refractivity contribution in [1.29, 1.82) is 0 Å². The molecule has 0 amide bonds. The fourth-order valence-electron chi connectivity index (χ4n) is 6.45. The normalized spacial score (nSPS) is 26.1. The Morgan fingerprint density at radius 1 is 0.972 bits per heavy atom. The molecule has 1 aromatic carbocycles. The molecule has 3 atom stereocenters. The predicted octanol–water partition coefficient (Wildman–Crippen LogP) is 6.14. The van der Waals surface area contributed by atoms with Crippen molar-refractivity contribution in [2.24, 2.45) is 11.8 Å². The first-order valence-electron chi connectivity index (χ1n) is 14.1. The third-order valence-electron chi connectivity index (χ3n) is 9.17. The number of fused-ring (bicyclic) bond motifs is 3. The van der Waals surface area contributed by atoms with Crippen LogP contribution in [0, 0.1) is 11.8 Å². The first-order chi connectivity index (χ1) is 17.6. The molecule has 4 heterocycles. The first kappa shape index (κ1) is 23.0. The number of hydrogen-bond acceptors (Lipinski definition) is 5. The van der Waals surface area contributed by atoms with Crippen LogP contribution in [0.5, 0.6) is 5.75 Å². The van der Waals surface area contributed by atoms with Gasteiger partial charge in [-0.15, -0.1) is 11.3 Å². The Morgan fingerprint density at radius 3 is 2.42 bits per heavy atom. The number of nitrogens with zero attached hydrogens (tertiary/aromatic N) is 3. The lowest BCUT2D eigenvalue weighted by Gasteiger charge is -2.36. The lowest BCUT2D eigenvalue weighted by atomic mass is 10.00. The Hall–Kier alpha value is -2.18. The largest absolute Gasteiger partial charge is 0.490 e. The number of aromatic nitrogens is 2. The van der Waals surface area contributed by atoms with E-state index in [4.69, 9.17) is 4.74 Å². The highest BCUT2D eigenvalue weighted by Gasteiger charge is 2.39. The summed E-state index contributed by atoms with van der Waals surface area (Å²) in [6.45, 7) is 0. The van der Waals surface area contributed by atoms with Crippen molar-refractivity contribution >= 4 is 21.6 Å². The molecule has 36 heavy (non-hydrogen) atoms. The lowest BCUT2D eigenvalue weighted by molar-refractivity contribution is 0.0655. The second-order valence-electron chi connectivity index (χ2n) is 11.9. The van der Waals surface area contributed by atoms with Gasteiger partial charge >= 0.3 is 0 Å². The average molecular weight is 504 g/mol. The molecule has 6 heteroatoms. The Labute approximate surface area is 217 Å². The Kier molecular flexibility index (Phi) is 5.93. The number of rotatable bonds is 9. The molecule has 0 radical (unpaired) electrons. The highest BCUT2D eigenvalue weighted by atomic mass is 32.1. The molecule has 2 saturated carbocycles. The van der Waals surface area contributed by atoms with Crippen molar-refractivity contribution in [3.8, 4) is 11.4 Å². The summed E-state index contributed by atoms with van der Waals surface area (Å²) in [4.78, 5) is 22.0. The van der Waals surface area contributed by atoms with Gasteiger partial charge in [-0.05, 0) is 100 Å². The molecule has 2 aliphatic heterocycles. The molecule has 0 N–H and O–H groups in total. The number of piperidine rings is 1. The maximum atomic E-state index is 13.5. The monoisotopic (exact) mass is 503 g/mol. The van der Waals surface area contributed by atoms with Crippen molar-refractivity contribution in [3.05, 3.63) is 51.4 Å². The standard InChI is InChI=1S/C30H37N3O2S/c1-32-22-9-10-23(32)16-25(15-22)35-28-13-11-24(14-21(28)8-6-19-2-3-19)33-18-31-27-17-26(12-7-20-4-5-20)36-29(27)30(33)34/h11,13-14,17-20,22-23,25H,2-10,12,15-16H2,1H3/t22-,23+,25?. The zero-order valence-corrected chi connectivity index (χ0v) is 22.1. The molecule has 2 bridgehead atoms. The van der Waals surface area contributed by atoms with E-state index >= 15 is 0 Å². The quantitative estimate of drug-likeness (QED) is 0.352. The molecular formula is C30H37N3O2S. The van der Waals surface area contributed by atoms with Crippen LogP contribution in [0.2, 0.25) is 0 Å². The van der Waals surface area contributed by atoms with Gasteiger partial charge in [-0.25, -0.2) is 4.98 Å². The Morgan fingerprint density at radius 2 is 1.69 bits per heavy atom. The van der Waals surface area contributed by atoms with Crippen LogP contribution in [-0.4, -0.2) is 39.7 Å². The number of thiophene rings is 1. The maximum absolute atomic E-state index is 13.5. The fourth-order valence-corrected chi connectivity index (χ4v) is 7.51. The van der Waals surface area contributed by atoms with Crippen LogP contribution in [0.15, 0.2) is 35.4 Å². The second-order valence-corrected chi connectivity index (χ2v) is 13.0. The fraction of sp³-hybridized carbons (Fsp3) is 0.600. The lowest BCUT2D eigenvalue weighted by Crippen LogP contribution is -2.43. The van der Waals surface area contributed by atoms with Gasteiger partial charge in [-0.1, -0.05) is 25.7 Å². The van der Waals surface area contributed by atoms with Crippen molar-refractivity contribution in [3.63, 3.8) is 0 Å². The molecule has 0 spiro atoms. The van der Waals surface area contributed by atoms with Crippen LogP contribution in [0.3, 0.4) is 0 Å². The van der Waals surface area contributed by atoms with Gasteiger partial charge in [0.15, 0.2) is 0 Å². The van der Waals surface area contributed by atoms with Gasteiger partial charge in [-0.2, -0.15) is 0 Å². The average Bonchev–Trinajstić information content (AvgIpc) is 3.80. The number of aryl methyl sites for hydroxylation is 2. The summed E-state index contributed by atoms with van der Waals surface area (Å²) in [5, 5.41) is 0. The number of benzene rings is 1. The van der Waals surface area contributed by atoms with Gasteiger partial charge in [0.2, 0.25) is 0 Å². The van der Waals surface area contributed by atoms with E-state index in [1.165, 1.54) is 61.8 Å². The third-order valence-corrected chi connectivity index (χ3v) is 10.3. The summed E-state index contributed by atoms with van der Waals surface area (Å²) >= 11 is 1.64. The van der Waals surface area contributed by atoms with Gasteiger partial charge in [-0.3, -0.25) is 9.36 Å². The van der Waals surface area contributed by atoms with E-state index in [2.05, 4.69) is 41.2 Å². The van der Waals surface area contributed by atoms with Crippen molar-refractivity contribution in [2.45, 2.75) is 95.2 Å². The van der Waals surface area contributed by atoms with Crippen LogP contribution < -0.4 is 10.3 Å². The predicted molar refractivity (Wildman–Crippen MR) is 146 cm³/mol. The van der Waals surface area contributed by atoms with Crippen LogP contribution in [0.1, 0.15) is 74.6 Å². The third kappa shape index (κ3) is 4.63. The van der Waals surface area contributed by atoms with E-state index in [9.17, 15) is 4.79 Å². The van der Waals surface area contributed by atoms with E-state index < -0.39 is 0 Å². The summed E-state index contributed by atoms with van der Waals surface area (Å²) in [7, 11) is 2.28. The first-order valence-corrected chi connectivity index (χ1v) is 14.9. The highest BCUT2D eigenvalue weighted by molar-refractivity contribution is 7.18. The molecule has 2 aliphatic carbocycles. The molecular weight excluding hydrogens is 466 g/mol. The Bertz CT molecular complexity index is 1310. The molecule has 5 nitrogen and oxygen atoms in total. The number of ether oxygens (including phenoxy) is 1. The van der Waals surface area contributed by atoms with Gasteiger partial charge in [0.25, 0.3) is 5.56 Å². The summed E-state index contributed by atoms with van der Waals surface area (Å²) < 4.78 is 9.21. The minimum absolute atomic E-state index is 0.0522. The van der Waals surface area contributed by atoms with E-state index in [1.54, 1.807) is 22.2 Å². The summed E-state index contributed by atoms with van der Waals surface area (Å²) in [5.41, 5.74) is 3.05. The van der Waals surface area contributed by atoms with Crippen LogP contribution in [-0.2, 0) is 12.8 Å². The van der Waals surface area contributed by atoms with E-state index in [0.717, 1.165) is 59.2 Å². The van der Waals surface area contributed by atoms with Gasteiger partial charge in [0.1, 0.15) is 22.9 Å². The molecule has 4 fully saturated rings. The van der Waals surface area contributed by atoms with Crippen molar-refractivity contribution in [1.82, 2.24) is 14.5 Å². The summed E-state index contributed by atoms with van der Waals surface area (Å²) in [6, 6.07) is 9.82. The molecule has 3 aromatic rings. The zero-order chi connectivity index (χ0) is 24.2. The highest BCUT2D eigenvalue weighted by Crippen LogP contribution is 2.39. The van der Waals surface area contributed by atoms with E-state index in [0.29, 0.717) is 18.2 Å². The Balaban J connectivity index is 1.16. The van der Waals surface area contributed by atoms with Crippen molar-refractivity contribution in [2.75, 3.05) is 7.05 Å². The van der Waals surface area contributed by atoms with Crippen LogP contribution in [0.4, 0.5) is 0 Å². The topological polar surface area (TPSA) is 47.4 Å². The minimum atomic E-state index is 0.0522. The molecule has 2 aromatic heterocycles. The SMILES string of the molecule is CN1[C@@H]2CC[C@H]1CC(Oc1ccc(-n3cnc4cc(CCC5CC5)sc4c3=O)cc1CCC1CC1)C2. The molecule has 190 valence electrons. The van der Waals surface area contributed by atoms with Crippen molar-refractivity contribution < 1.29 is 4.74 Å². The smallest absolute Gasteiger partial charge is 0.275 e. The molecule has 1 unspecified atom stereocenters. The van der Waals surface area contributed by atoms with Gasteiger partial charge in [0.05, 0.1) is 11.2 Å². The van der Waals surface area contributed by atoms with Crippen LogP contribution in [0.25, 0.3) is 15.9 Å². The maximum Gasteiger partial charge on any atom is 0.275 e. The number of hydrogen-bond donors (Lipinski definition) is 0. The van der Waals surface area contributed by atoms with E-state index in [1.807, 2.05) is 0 Å². The second kappa shape index (κ2) is 9.29. The summed E-state index contributed by atoms with van der Waals surface area (Å²) in [5.74, 6) is 2.79. The van der Waals surface area contributed by atoms with Gasteiger partial charge in [0, 0.05) is 17.0 Å². The van der Waals surface area contributed by atoms with Gasteiger partial charge < -0.3 is 9.64 Å². The minimum Gasteiger partial charge on any atom is -0.490 e. The zero-order valence-electron chi connectivity index (χ0n) is 21.3. The van der Waals surface area contributed by atoms with E-state index in [-0.39, 0.29) is 5.56 Å². The molecule has 2 saturated heterocycles.